The van der Waals surface area contributed by atoms with Crippen LogP contribution in [0, 0.1) is 5.41 Å². The van der Waals surface area contributed by atoms with Gasteiger partial charge in [0.25, 0.3) is 0 Å². The van der Waals surface area contributed by atoms with Crippen molar-refractivity contribution in [3.63, 3.8) is 0 Å². The normalized spacial score (nSPS) is 32.1. The van der Waals surface area contributed by atoms with Crippen molar-refractivity contribution >= 4 is 21.9 Å². The highest BCUT2D eigenvalue weighted by Gasteiger charge is 2.51. The lowest BCUT2D eigenvalue weighted by Crippen LogP contribution is -2.50. The van der Waals surface area contributed by atoms with E-state index in [1.807, 2.05) is 0 Å². The van der Waals surface area contributed by atoms with Crippen molar-refractivity contribution in [2.24, 2.45) is 5.41 Å². The Morgan fingerprint density at radius 1 is 1.25 bits per heavy atom. The second-order valence-electron chi connectivity index (χ2n) is 6.04. The van der Waals surface area contributed by atoms with Crippen molar-refractivity contribution in [1.82, 2.24) is 0 Å². The molecule has 0 spiro atoms. The molecule has 1 aromatic rings. The Hall–Kier alpha value is -0.870. The summed E-state index contributed by atoms with van der Waals surface area (Å²) in [4.78, 5) is 11.6. The number of fused-ring (bicyclic) bond motifs is 3. The van der Waals surface area contributed by atoms with E-state index in [1.165, 1.54) is 12.7 Å². The Kier molecular flexibility index (Phi) is 3.63. The summed E-state index contributed by atoms with van der Waals surface area (Å²) in [6, 6.07) is 8.42. The zero-order valence-electron chi connectivity index (χ0n) is 11.7. The molecule has 4 rings (SSSR count). The molecule has 1 aromatic carbocycles. The molecule has 0 unspecified atom stereocenters. The van der Waals surface area contributed by atoms with Crippen molar-refractivity contribution in [2.75, 3.05) is 13.7 Å². The van der Waals surface area contributed by atoms with Crippen LogP contribution in [-0.4, -0.2) is 19.7 Å². The molecule has 20 heavy (non-hydrogen) atoms. The van der Waals surface area contributed by atoms with Crippen LogP contribution in [0.2, 0.25) is 0 Å². The second kappa shape index (κ2) is 5.15. The van der Waals surface area contributed by atoms with Crippen LogP contribution in [0.15, 0.2) is 28.7 Å². The molecule has 2 bridgehead atoms. The molecule has 1 saturated carbocycles. The van der Waals surface area contributed by atoms with Crippen molar-refractivity contribution in [3.05, 3.63) is 34.3 Å². The van der Waals surface area contributed by atoms with E-state index < -0.39 is 0 Å². The van der Waals surface area contributed by atoms with Crippen molar-refractivity contribution in [1.29, 1.82) is 0 Å². The van der Waals surface area contributed by atoms with E-state index in [-0.39, 0.29) is 17.0 Å². The summed E-state index contributed by atoms with van der Waals surface area (Å²) < 4.78 is 12.1. The fraction of sp³-hybridized carbons (Fsp3) is 0.562. The number of halogens is 1. The standard InChI is InChI=1S/C16H19BrO3/c1-19-14(18)10-15-6-8-16(9-7-15,20-11-15)12-2-4-13(17)5-3-12/h2-5H,6-11H2,1H3. The van der Waals surface area contributed by atoms with E-state index in [1.54, 1.807) is 0 Å². The Balaban J connectivity index is 1.76. The molecule has 108 valence electrons. The van der Waals surface area contributed by atoms with E-state index >= 15 is 0 Å². The number of carbonyl (C=O) groups is 1. The van der Waals surface area contributed by atoms with Gasteiger partial charge in [-0.25, -0.2) is 0 Å². The van der Waals surface area contributed by atoms with Gasteiger partial charge in [0.15, 0.2) is 0 Å². The van der Waals surface area contributed by atoms with Crippen molar-refractivity contribution in [2.45, 2.75) is 37.7 Å². The fourth-order valence-electron chi connectivity index (χ4n) is 3.50. The second-order valence-corrected chi connectivity index (χ2v) is 6.96. The molecule has 2 heterocycles. The third-order valence-corrected chi connectivity index (χ3v) is 5.42. The highest BCUT2D eigenvalue weighted by molar-refractivity contribution is 9.10. The molecular formula is C16H19BrO3. The lowest BCUT2D eigenvalue weighted by Gasteiger charge is -2.53. The molecule has 1 aliphatic carbocycles. The van der Waals surface area contributed by atoms with Gasteiger partial charge in [0.2, 0.25) is 0 Å². The minimum absolute atomic E-state index is 0.00417. The number of hydrogen-bond donors (Lipinski definition) is 0. The molecule has 0 radical (unpaired) electrons. The zero-order valence-corrected chi connectivity index (χ0v) is 13.2. The summed E-state index contributed by atoms with van der Waals surface area (Å²) in [6.07, 6.45) is 4.55. The largest absolute Gasteiger partial charge is 0.469 e. The van der Waals surface area contributed by atoms with Gasteiger partial charge >= 0.3 is 5.97 Å². The van der Waals surface area contributed by atoms with Crippen LogP contribution in [0.3, 0.4) is 0 Å². The highest BCUT2D eigenvalue weighted by Crippen LogP contribution is 2.55. The van der Waals surface area contributed by atoms with E-state index in [0.717, 1.165) is 30.2 Å². The van der Waals surface area contributed by atoms with Gasteiger partial charge in [0, 0.05) is 9.89 Å². The van der Waals surface area contributed by atoms with Crippen molar-refractivity contribution < 1.29 is 14.3 Å². The molecule has 0 N–H and O–H groups in total. The summed E-state index contributed by atoms with van der Waals surface area (Å²) in [5.74, 6) is -0.119. The lowest BCUT2D eigenvalue weighted by molar-refractivity contribution is -0.196. The molecule has 2 saturated heterocycles. The Bertz CT molecular complexity index is 484. The van der Waals surface area contributed by atoms with E-state index in [4.69, 9.17) is 9.47 Å². The molecule has 0 atom stereocenters. The first-order valence-electron chi connectivity index (χ1n) is 7.04. The number of carbonyl (C=O) groups excluding carboxylic acids is 1. The first-order chi connectivity index (χ1) is 9.57. The Morgan fingerprint density at radius 3 is 2.40 bits per heavy atom. The average Bonchev–Trinajstić information content (AvgIpc) is 2.49. The number of hydrogen-bond acceptors (Lipinski definition) is 3. The number of methoxy groups -OCH3 is 1. The minimum atomic E-state index is -0.140. The maximum atomic E-state index is 11.6. The quantitative estimate of drug-likeness (QED) is 0.786. The molecule has 3 nitrogen and oxygen atoms in total. The maximum Gasteiger partial charge on any atom is 0.306 e. The summed E-state index contributed by atoms with van der Waals surface area (Å²) in [6.45, 7) is 0.665. The summed E-state index contributed by atoms with van der Waals surface area (Å²) in [5.41, 5.74) is 1.12. The van der Waals surface area contributed by atoms with Crippen LogP contribution in [-0.2, 0) is 19.9 Å². The van der Waals surface area contributed by atoms with Crippen LogP contribution in [0.4, 0.5) is 0 Å². The number of ether oxygens (including phenoxy) is 2. The average molecular weight is 339 g/mol. The predicted molar refractivity (Wildman–Crippen MR) is 79.3 cm³/mol. The van der Waals surface area contributed by atoms with Crippen LogP contribution in [0.1, 0.15) is 37.7 Å². The van der Waals surface area contributed by atoms with Gasteiger partial charge in [-0.15, -0.1) is 0 Å². The van der Waals surface area contributed by atoms with Gasteiger partial charge in [0.1, 0.15) is 0 Å². The molecule has 3 fully saturated rings. The minimum Gasteiger partial charge on any atom is -0.469 e. The third-order valence-electron chi connectivity index (χ3n) is 4.89. The molecule has 0 amide bonds. The topological polar surface area (TPSA) is 35.5 Å². The molecule has 3 aliphatic rings. The number of benzene rings is 1. The summed E-state index contributed by atoms with van der Waals surface area (Å²) in [7, 11) is 1.46. The van der Waals surface area contributed by atoms with E-state index in [9.17, 15) is 4.79 Å². The van der Waals surface area contributed by atoms with E-state index in [2.05, 4.69) is 40.2 Å². The Labute approximate surface area is 127 Å². The zero-order chi connectivity index (χ0) is 14.2. The molecular weight excluding hydrogens is 320 g/mol. The Morgan fingerprint density at radius 2 is 1.90 bits per heavy atom. The molecule has 4 heteroatoms. The molecule has 2 aliphatic heterocycles. The van der Waals surface area contributed by atoms with Crippen LogP contribution >= 0.6 is 15.9 Å². The summed E-state index contributed by atoms with van der Waals surface area (Å²) in [5, 5.41) is 0. The SMILES string of the molecule is COC(=O)CC12CCC(c3ccc(Br)cc3)(CC1)OC2. The van der Waals surface area contributed by atoms with Gasteiger partial charge in [-0.05, 0) is 43.4 Å². The molecule has 0 aromatic heterocycles. The maximum absolute atomic E-state index is 11.6. The number of esters is 1. The van der Waals surface area contributed by atoms with Gasteiger partial charge in [-0.2, -0.15) is 0 Å². The lowest BCUT2D eigenvalue weighted by atomic mass is 9.63. The smallest absolute Gasteiger partial charge is 0.306 e. The van der Waals surface area contributed by atoms with Gasteiger partial charge in [-0.3, -0.25) is 4.79 Å². The van der Waals surface area contributed by atoms with Crippen LogP contribution in [0.25, 0.3) is 0 Å². The number of rotatable bonds is 3. The predicted octanol–water partition coefficient (Wildman–Crippen LogP) is 3.80. The van der Waals surface area contributed by atoms with Gasteiger partial charge in [0.05, 0.1) is 25.7 Å². The van der Waals surface area contributed by atoms with E-state index in [0.29, 0.717) is 13.0 Å². The van der Waals surface area contributed by atoms with Gasteiger partial charge < -0.3 is 9.47 Å². The van der Waals surface area contributed by atoms with Crippen LogP contribution in [0.5, 0.6) is 0 Å². The first-order valence-corrected chi connectivity index (χ1v) is 7.84. The highest BCUT2D eigenvalue weighted by atomic mass is 79.9. The van der Waals surface area contributed by atoms with Crippen molar-refractivity contribution in [3.8, 4) is 0 Å². The summed E-state index contributed by atoms with van der Waals surface area (Å²) >= 11 is 3.47. The van der Waals surface area contributed by atoms with Crippen LogP contribution < -0.4 is 0 Å². The monoisotopic (exact) mass is 338 g/mol. The fourth-order valence-corrected chi connectivity index (χ4v) is 3.76. The van der Waals surface area contributed by atoms with Gasteiger partial charge in [-0.1, -0.05) is 28.1 Å². The third kappa shape index (κ3) is 2.40. The first kappa shape index (κ1) is 14.1.